The van der Waals surface area contributed by atoms with Gasteiger partial charge in [-0.1, -0.05) is 12.1 Å². The van der Waals surface area contributed by atoms with Crippen molar-refractivity contribution in [3.05, 3.63) is 83.4 Å². The van der Waals surface area contributed by atoms with Crippen LogP contribution in [0.25, 0.3) is 0 Å². The first-order valence-electron chi connectivity index (χ1n) is 9.80. The van der Waals surface area contributed by atoms with Crippen molar-refractivity contribution < 1.29 is 9.18 Å². The third kappa shape index (κ3) is 4.59. The number of likely N-dealkylation sites (tertiary alicyclic amines) is 1. The number of anilines is 2. The predicted octanol–water partition coefficient (Wildman–Crippen LogP) is 4.69. The zero-order valence-electron chi connectivity index (χ0n) is 16.3. The second-order valence-corrected chi connectivity index (χ2v) is 7.40. The molecule has 1 aliphatic rings. The van der Waals surface area contributed by atoms with Crippen LogP contribution in [-0.2, 0) is 0 Å². The predicted molar refractivity (Wildman–Crippen MR) is 111 cm³/mol. The van der Waals surface area contributed by atoms with Crippen LogP contribution < -0.4 is 5.32 Å². The lowest BCUT2D eigenvalue weighted by molar-refractivity contribution is 0.0706. The molecular weight excluding hydrogens is 367 g/mol. The summed E-state index contributed by atoms with van der Waals surface area (Å²) in [4.78, 5) is 23.6. The van der Waals surface area contributed by atoms with E-state index in [0.29, 0.717) is 24.6 Å². The van der Waals surface area contributed by atoms with Gasteiger partial charge in [0.15, 0.2) is 0 Å². The van der Waals surface area contributed by atoms with Gasteiger partial charge in [0.05, 0.1) is 5.69 Å². The number of aryl methyl sites for hydroxylation is 1. The highest BCUT2D eigenvalue weighted by Crippen LogP contribution is 2.27. The molecule has 1 atom stereocenters. The molecule has 1 aliphatic heterocycles. The molecule has 2 aromatic carbocycles. The van der Waals surface area contributed by atoms with Crippen LogP contribution in [0.5, 0.6) is 0 Å². The molecule has 3 aromatic rings. The summed E-state index contributed by atoms with van der Waals surface area (Å²) in [5, 5.41) is 3.25. The molecule has 2 heterocycles. The summed E-state index contributed by atoms with van der Waals surface area (Å²) in [6, 6.07) is 15.7. The summed E-state index contributed by atoms with van der Waals surface area (Å²) >= 11 is 0. The smallest absolute Gasteiger partial charge is 0.253 e. The van der Waals surface area contributed by atoms with Crippen LogP contribution in [0, 0.1) is 12.7 Å². The van der Waals surface area contributed by atoms with E-state index in [-0.39, 0.29) is 17.6 Å². The van der Waals surface area contributed by atoms with Gasteiger partial charge in [0.1, 0.15) is 5.82 Å². The van der Waals surface area contributed by atoms with Gasteiger partial charge in [0.2, 0.25) is 5.95 Å². The maximum absolute atomic E-state index is 13.1. The number of benzene rings is 2. The summed E-state index contributed by atoms with van der Waals surface area (Å²) < 4.78 is 13.1. The van der Waals surface area contributed by atoms with Gasteiger partial charge in [0, 0.05) is 36.5 Å². The molecule has 0 unspecified atom stereocenters. The molecule has 1 N–H and O–H groups in total. The highest BCUT2D eigenvalue weighted by atomic mass is 19.1. The third-order valence-corrected chi connectivity index (χ3v) is 5.17. The second kappa shape index (κ2) is 8.39. The molecule has 0 saturated carbocycles. The highest BCUT2D eigenvalue weighted by Gasteiger charge is 2.26. The zero-order chi connectivity index (χ0) is 20.2. The quantitative estimate of drug-likeness (QED) is 0.702. The minimum absolute atomic E-state index is 0.0677. The summed E-state index contributed by atoms with van der Waals surface area (Å²) in [6.45, 7) is 3.33. The van der Waals surface area contributed by atoms with E-state index in [2.05, 4.69) is 15.3 Å². The molecule has 0 bridgehead atoms. The highest BCUT2D eigenvalue weighted by molar-refractivity contribution is 5.94. The lowest BCUT2D eigenvalue weighted by Crippen LogP contribution is -2.39. The maximum atomic E-state index is 13.1. The van der Waals surface area contributed by atoms with Gasteiger partial charge in [-0.2, -0.15) is 0 Å². The SMILES string of the molecule is Cc1cccc(Nc2nccc([C@H]3CCCN(C(=O)c4ccc(F)cc4)C3)n2)c1. The van der Waals surface area contributed by atoms with Gasteiger partial charge in [0.25, 0.3) is 5.91 Å². The minimum atomic E-state index is -0.340. The number of nitrogens with one attached hydrogen (secondary N) is 1. The molecule has 6 heteroatoms. The van der Waals surface area contributed by atoms with Gasteiger partial charge in [-0.25, -0.2) is 14.4 Å². The summed E-state index contributed by atoms with van der Waals surface area (Å²) in [5.41, 5.74) is 3.54. The van der Waals surface area contributed by atoms with Crippen molar-refractivity contribution in [3.63, 3.8) is 0 Å². The fraction of sp³-hybridized carbons (Fsp3) is 0.261. The Labute approximate surface area is 169 Å². The van der Waals surface area contributed by atoms with Crippen molar-refractivity contribution in [1.82, 2.24) is 14.9 Å². The summed E-state index contributed by atoms with van der Waals surface area (Å²) in [6.07, 6.45) is 3.62. The Kier molecular flexibility index (Phi) is 5.51. The molecule has 148 valence electrons. The molecule has 1 fully saturated rings. The fourth-order valence-corrected chi connectivity index (χ4v) is 3.69. The number of carbonyl (C=O) groups is 1. The number of hydrogen-bond acceptors (Lipinski definition) is 4. The van der Waals surface area contributed by atoms with Gasteiger partial charge in [-0.3, -0.25) is 4.79 Å². The molecule has 5 nitrogen and oxygen atoms in total. The Morgan fingerprint density at radius 2 is 2.00 bits per heavy atom. The number of nitrogens with zero attached hydrogens (tertiary/aromatic N) is 3. The Morgan fingerprint density at radius 1 is 1.17 bits per heavy atom. The zero-order valence-corrected chi connectivity index (χ0v) is 16.3. The molecule has 29 heavy (non-hydrogen) atoms. The number of rotatable bonds is 4. The van der Waals surface area contributed by atoms with Crippen LogP contribution in [0.15, 0.2) is 60.8 Å². The maximum Gasteiger partial charge on any atom is 0.253 e. The van der Waals surface area contributed by atoms with Crippen LogP contribution in [0.1, 0.15) is 40.4 Å². The molecule has 1 amide bonds. The average Bonchev–Trinajstić information content (AvgIpc) is 2.74. The van der Waals surface area contributed by atoms with Gasteiger partial charge in [-0.05, 0) is 67.8 Å². The number of halogens is 1. The van der Waals surface area contributed by atoms with Crippen molar-refractivity contribution >= 4 is 17.5 Å². The van der Waals surface area contributed by atoms with E-state index >= 15 is 0 Å². The van der Waals surface area contributed by atoms with E-state index in [1.54, 1.807) is 6.20 Å². The van der Waals surface area contributed by atoms with Crippen molar-refractivity contribution in [2.24, 2.45) is 0 Å². The van der Waals surface area contributed by atoms with E-state index in [1.165, 1.54) is 24.3 Å². The molecular formula is C23H23FN4O. The number of amides is 1. The van der Waals surface area contributed by atoms with Crippen molar-refractivity contribution in [2.75, 3.05) is 18.4 Å². The van der Waals surface area contributed by atoms with E-state index in [9.17, 15) is 9.18 Å². The first kappa shape index (κ1) is 19.1. The molecule has 1 aromatic heterocycles. The van der Waals surface area contributed by atoms with Crippen molar-refractivity contribution in [3.8, 4) is 0 Å². The molecule has 0 spiro atoms. The standard InChI is InChI=1S/C23H23FN4O/c1-16-4-2-6-20(14-16)26-23-25-12-11-21(27-23)18-5-3-13-28(15-18)22(29)17-7-9-19(24)10-8-17/h2,4,6-12,14,18H,3,5,13,15H2,1H3,(H,25,26,27)/t18-/m0/s1. The Balaban J connectivity index is 1.48. The topological polar surface area (TPSA) is 58.1 Å². The largest absolute Gasteiger partial charge is 0.338 e. The number of hydrogen-bond donors (Lipinski definition) is 1. The lowest BCUT2D eigenvalue weighted by Gasteiger charge is -2.32. The van der Waals surface area contributed by atoms with E-state index in [0.717, 1.165) is 29.8 Å². The Morgan fingerprint density at radius 3 is 2.79 bits per heavy atom. The van der Waals surface area contributed by atoms with Crippen LogP contribution in [-0.4, -0.2) is 33.9 Å². The van der Waals surface area contributed by atoms with Gasteiger partial charge < -0.3 is 10.2 Å². The minimum Gasteiger partial charge on any atom is -0.338 e. The van der Waals surface area contributed by atoms with Crippen LogP contribution in [0.4, 0.5) is 16.0 Å². The van der Waals surface area contributed by atoms with Gasteiger partial charge >= 0.3 is 0 Å². The Hall–Kier alpha value is -3.28. The van der Waals surface area contributed by atoms with Crippen LogP contribution >= 0.6 is 0 Å². The van der Waals surface area contributed by atoms with Crippen LogP contribution in [0.2, 0.25) is 0 Å². The number of piperidine rings is 1. The molecule has 0 aliphatic carbocycles. The monoisotopic (exact) mass is 390 g/mol. The van der Waals surface area contributed by atoms with Crippen LogP contribution in [0.3, 0.4) is 0 Å². The van der Waals surface area contributed by atoms with E-state index in [1.807, 2.05) is 42.2 Å². The van der Waals surface area contributed by atoms with Crippen molar-refractivity contribution in [1.29, 1.82) is 0 Å². The first-order chi connectivity index (χ1) is 14.1. The third-order valence-electron chi connectivity index (χ3n) is 5.17. The summed E-state index contributed by atoms with van der Waals surface area (Å²) in [5.74, 6) is 0.291. The Bertz CT molecular complexity index is 1010. The average molecular weight is 390 g/mol. The molecule has 4 rings (SSSR count). The number of aromatic nitrogens is 2. The first-order valence-corrected chi connectivity index (χ1v) is 9.80. The normalized spacial score (nSPS) is 16.5. The van der Waals surface area contributed by atoms with E-state index < -0.39 is 0 Å². The second-order valence-electron chi connectivity index (χ2n) is 7.40. The molecule has 1 saturated heterocycles. The fourth-order valence-electron chi connectivity index (χ4n) is 3.69. The summed E-state index contributed by atoms with van der Waals surface area (Å²) in [7, 11) is 0. The van der Waals surface area contributed by atoms with Crippen molar-refractivity contribution in [2.45, 2.75) is 25.7 Å². The van der Waals surface area contributed by atoms with Gasteiger partial charge in [-0.15, -0.1) is 0 Å². The van der Waals surface area contributed by atoms with E-state index in [4.69, 9.17) is 0 Å². The lowest BCUT2D eigenvalue weighted by atomic mass is 9.94. The molecule has 0 radical (unpaired) electrons. The number of carbonyl (C=O) groups excluding carboxylic acids is 1.